The van der Waals surface area contributed by atoms with Crippen LogP contribution in [0, 0.1) is 0 Å². The third kappa shape index (κ3) is 5.13. The third-order valence-electron chi connectivity index (χ3n) is 6.61. The molecule has 1 amide bonds. The minimum absolute atomic E-state index is 0.0592. The average Bonchev–Trinajstić information content (AvgIpc) is 2.93. The standard InChI is InChI=1S/C28H29N5O3/c1-36-23-8-6-22(7-9-23)33-26-5-3-2-4-24(26)30-25(28(33)35)10-11-27(34)32-18-16-31(17-19-32)20-21-12-14-29-15-13-21/h2-9,12-15H,10-11,16-20H2,1H3. The number of methoxy groups -OCH3 is 1. The highest BCUT2D eigenvalue weighted by Crippen LogP contribution is 2.19. The molecule has 0 saturated carbocycles. The van der Waals surface area contributed by atoms with Crippen LogP contribution in [0.25, 0.3) is 16.7 Å². The molecule has 8 heteroatoms. The van der Waals surface area contributed by atoms with Crippen molar-refractivity contribution in [1.82, 2.24) is 24.3 Å². The second-order valence-corrected chi connectivity index (χ2v) is 8.90. The molecule has 184 valence electrons. The summed E-state index contributed by atoms with van der Waals surface area (Å²) in [7, 11) is 1.61. The molecular formula is C28H29N5O3. The summed E-state index contributed by atoms with van der Waals surface area (Å²) < 4.78 is 6.92. The van der Waals surface area contributed by atoms with Gasteiger partial charge in [0, 0.05) is 63.6 Å². The lowest BCUT2D eigenvalue weighted by molar-refractivity contribution is -0.133. The molecule has 0 spiro atoms. The summed E-state index contributed by atoms with van der Waals surface area (Å²) in [4.78, 5) is 39.4. The van der Waals surface area contributed by atoms with Crippen LogP contribution in [0.4, 0.5) is 0 Å². The number of benzene rings is 2. The smallest absolute Gasteiger partial charge is 0.277 e. The number of amides is 1. The number of ether oxygens (including phenoxy) is 1. The van der Waals surface area contributed by atoms with Crippen molar-refractivity contribution in [3.05, 3.63) is 94.7 Å². The molecule has 1 saturated heterocycles. The Morgan fingerprint density at radius 1 is 0.944 bits per heavy atom. The Bertz CT molecular complexity index is 1390. The van der Waals surface area contributed by atoms with Gasteiger partial charge in [0.2, 0.25) is 5.91 Å². The fraction of sp³-hybridized carbons (Fsp3) is 0.286. The first-order valence-electron chi connectivity index (χ1n) is 12.2. The van der Waals surface area contributed by atoms with Crippen molar-refractivity contribution in [3.8, 4) is 11.4 Å². The van der Waals surface area contributed by atoms with E-state index in [1.807, 2.05) is 65.6 Å². The van der Waals surface area contributed by atoms with Gasteiger partial charge in [0.05, 0.1) is 18.1 Å². The molecule has 0 N–H and O–H groups in total. The van der Waals surface area contributed by atoms with Gasteiger partial charge in [0.25, 0.3) is 5.56 Å². The molecule has 2 aromatic heterocycles. The topological polar surface area (TPSA) is 80.6 Å². The van der Waals surface area contributed by atoms with Crippen LogP contribution in [-0.2, 0) is 17.8 Å². The fourth-order valence-corrected chi connectivity index (χ4v) is 4.62. The number of rotatable bonds is 7. The zero-order valence-electron chi connectivity index (χ0n) is 20.3. The summed E-state index contributed by atoms with van der Waals surface area (Å²) in [6.45, 7) is 3.88. The van der Waals surface area contributed by atoms with Crippen molar-refractivity contribution >= 4 is 16.9 Å². The lowest BCUT2D eigenvalue weighted by atomic mass is 10.1. The summed E-state index contributed by atoms with van der Waals surface area (Å²) >= 11 is 0. The number of carbonyl (C=O) groups excluding carboxylic acids is 1. The second kappa shape index (κ2) is 10.7. The van der Waals surface area contributed by atoms with Crippen molar-refractivity contribution in [3.63, 3.8) is 0 Å². The van der Waals surface area contributed by atoms with E-state index in [4.69, 9.17) is 4.74 Å². The highest BCUT2D eigenvalue weighted by Gasteiger charge is 2.22. The van der Waals surface area contributed by atoms with Gasteiger partial charge >= 0.3 is 0 Å². The Hall–Kier alpha value is -4.04. The maximum Gasteiger partial charge on any atom is 0.277 e. The molecule has 1 aliphatic heterocycles. The lowest BCUT2D eigenvalue weighted by Crippen LogP contribution is -2.48. The molecule has 0 bridgehead atoms. The molecule has 4 aromatic rings. The Morgan fingerprint density at radius 3 is 2.39 bits per heavy atom. The van der Waals surface area contributed by atoms with Crippen molar-refractivity contribution in [2.24, 2.45) is 0 Å². The number of fused-ring (bicyclic) bond motifs is 1. The van der Waals surface area contributed by atoms with E-state index < -0.39 is 0 Å². The van der Waals surface area contributed by atoms with Crippen LogP contribution in [0.1, 0.15) is 17.7 Å². The van der Waals surface area contributed by atoms with E-state index in [0.29, 0.717) is 25.2 Å². The number of aromatic nitrogens is 3. The maximum absolute atomic E-state index is 13.5. The van der Waals surface area contributed by atoms with Crippen molar-refractivity contribution in [1.29, 1.82) is 0 Å². The first kappa shape index (κ1) is 23.7. The van der Waals surface area contributed by atoms with Gasteiger partial charge < -0.3 is 9.64 Å². The maximum atomic E-state index is 13.5. The van der Waals surface area contributed by atoms with Gasteiger partial charge in [-0.05, 0) is 54.1 Å². The van der Waals surface area contributed by atoms with Crippen molar-refractivity contribution < 1.29 is 9.53 Å². The zero-order chi connectivity index (χ0) is 24.9. The van der Waals surface area contributed by atoms with Crippen LogP contribution in [0.15, 0.2) is 77.9 Å². The Morgan fingerprint density at radius 2 is 1.67 bits per heavy atom. The molecule has 1 aliphatic rings. The Balaban J connectivity index is 1.28. The molecule has 3 heterocycles. The van der Waals surface area contributed by atoms with Gasteiger partial charge in [0.15, 0.2) is 0 Å². The fourth-order valence-electron chi connectivity index (χ4n) is 4.62. The number of aryl methyl sites for hydroxylation is 1. The molecular weight excluding hydrogens is 454 g/mol. The zero-order valence-corrected chi connectivity index (χ0v) is 20.3. The predicted molar refractivity (Wildman–Crippen MR) is 138 cm³/mol. The van der Waals surface area contributed by atoms with E-state index >= 15 is 0 Å². The first-order chi connectivity index (χ1) is 17.6. The monoisotopic (exact) mass is 483 g/mol. The van der Waals surface area contributed by atoms with Crippen molar-refractivity contribution in [2.75, 3.05) is 33.3 Å². The van der Waals surface area contributed by atoms with E-state index in [2.05, 4.69) is 14.9 Å². The number of hydrogen-bond acceptors (Lipinski definition) is 6. The molecule has 0 unspecified atom stereocenters. The molecule has 1 fully saturated rings. The van der Waals surface area contributed by atoms with Gasteiger partial charge in [-0.25, -0.2) is 4.98 Å². The number of carbonyl (C=O) groups is 1. The average molecular weight is 484 g/mol. The highest BCUT2D eigenvalue weighted by atomic mass is 16.5. The van der Waals surface area contributed by atoms with Crippen LogP contribution < -0.4 is 10.3 Å². The number of nitrogens with zero attached hydrogens (tertiary/aromatic N) is 5. The van der Waals surface area contributed by atoms with Crippen LogP contribution in [-0.4, -0.2) is 63.5 Å². The molecule has 8 nitrogen and oxygen atoms in total. The van der Waals surface area contributed by atoms with E-state index in [1.165, 1.54) is 5.56 Å². The summed E-state index contributed by atoms with van der Waals surface area (Å²) in [5, 5.41) is 0. The quantitative estimate of drug-likeness (QED) is 0.402. The normalized spacial score (nSPS) is 14.2. The van der Waals surface area contributed by atoms with Crippen LogP contribution in [0.5, 0.6) is 5.75 Å². The Labute approximate surface area is 209 Å². The molecule has 0 aliphatic carbocycles. The number of hydrogen-bond donors (Lipinski definition) is 0. The number of piperazine rings is 1. The van der Waals surface area contributed by atoms with Gasteiger partial charge in [0.1, 0.15) is 11.4 Å². The minimum atomic E-state index is -0.200. The Kier molecular flexibility index (Phi) is 7.04. The summed E-state index contributed by atoms with van der Waals surface area (Å²) in [5.41, 5.74) is 3.61. The van der Waals surface area contributed by atoms with Crippen LogP contribution in [0.3, 0.4) is 0 Å². The van der Waals surface area contributed by atoms with Gasteiger partial charge in [-0.3, -0.25) is 24.0 Å². The van der Waals surface area contributed by atoms with Crippen LogP contribution in [0.2, 0.25) is 0 Å². The number of para-hydroxylation sites is 2. The van der Waals surface area contributed by atoms with Gasteiger partial charge in [-0.1, -0.05) is 12.1 Å². The molecule has 36 heavy (non-hydrogen) atoms. The van der Waals surface area contributed by atoms with E-state index in [1.54, 1.807) is 24.1 Å². The van der Waals surface area contributed by atoms with E-state index in [9.17, 15) is 9.59 Å². The molecule has 5 rings (SSSR count). The van der Waals surface area contributed by atoms with E-state index in [-0.39, 0.29) is 17.9 Å². The van der Waals surface area contributed by atoms with Crippen molar-refractivity contribution in [2.45, 2.75) is 19.4 Å². The highest BCUT2D eigenvalue weighted by molar-refractivity contribution is 5.78. The van der Waals surface area contributed by atoms with Gasteiger partial charge in [-0.15, -0.1) is 0 Å². The number of pyridine rings is 1. The summed E-state index contributed by atoms with van der Waals surface area (Å²) in [6, 6.07) is 19.0. The molecule has 0 radical (unpaired) electrons. The summed E-state index contributed by atoms with van der Waals surface area (Å²) in [6.07, 6.45) is 4.17. The second-order valence-electron chi connectivity index (χ2n) is 8.90. The lowest BCUT2D eigenvalue weighted by Gasteiger charge is -2.34. The largest absolute Gasteiger partial charge is 0.497 e. The third-order valence-corrected chi connectivity index (χ3v) is 6.61. The van der Waals surface area contributed by atoms with Gasteiger partial charge in [-0.2, -0.15) is 0 Å². The first-order valence-corrected chi connectivity index (χ1v) is 12.2. The molecule has 0 atom stereocenters. The summed E-state index contributed by atoms with van der Waals surface area (Å²) in [5.74, 6) is 0.778. The predicted octanol–water partition coefficient (Wildman–Crippen LogP) is 3.07. The van der Waals surface area contributed by atoms with Crippen LogP contribution >= 0.6 is 0 Å². The van der Waals surface area contributed by atoms with E-state index in [0.717, 1.165) is 42.1 Å². The SMILES string of the molecule is COc1ccc(-n2c(=O)c(CCC(=O)N3CCN(Cc4ccncc4)CC3)nc3ccccc32)cc1. The minimum Gasteiger partial charge on any atom is -0.497 e. The molecule has 2 aromatic carbocycles.